The molecule has 0 aliphatic heterocycles. The first kappa shape index (κ1) is 12.0. The van der Waals surface area contributed by atoms with Crippen molar-refractivity contribution in [2.45, 2.75) is 46.5 Å². The van der Waals surface area contributed by atoms with Gasteiger partial charge < -0.3 is 5.73 Å². The molecular formula is C13H22N2. The molecule has 15 heavy (non-hydrogen) atoms. The van der Waals surface area contributed by atoms with Crippen LogP contribution in [0, 0.1) is 5.92 Å². The number of nitrogen functional groups attached to an aromatic ring is 1. The maximum absolute atomic E-state index is 5.78. The third-order valence-corrected chi connectivity index (χ3v) is 2.64. The van der Waals surface area contributed by atoms with Gasteiger partial charge >= 0.3 is 0 Å². The molecule has 2 rings (SSSR count). The number of aromatic nitrogens is 1. The number of hydrogen-bond donors (Lipinski definition) is 1. The summed E-state index contributed by atoms with van der Waals surface area (Å²) in [5.41, 5.74) is 8.47. The van der Waals surface area contributed by atoms with E-state index in [4.69, 9.17) is 5.73 Å². The van der Waals surface area contributed by atoms with Crippen LogP contribution in [0.25, 0.3) is 0 Å². The van der Waals surface area contributed by atoms with Crippen LogP contribution in [0.4, 0.5) is 5.82 Å². The average Bonchev–Trinajstić information content (AvgIpc) is 2.19. The van der Waals surface area contributed by atoms with Gasteiger partial charge in [-0.2, -0.15) is 0 Å². The lowest BCUT2D eigenvalue weighted by molar-refractivity contribution is 0.501. The minimum Gasteiger partial charge on any atom is -0.383 e. The summed E-state index contributed by atoms with van der Waals surface area (Å²) in [5.74, 6) is 1.54. The molecular weight excluding hydrogens is 184 g/mol. The van der Waals surface area contributed by atoms with Crippen molar-refractivity contribution in [2.24, 2.45) is 5.92 Å². The van der Waals surface area contributed by atoms with Gasteiger partial charge in [-0.25, -0.2) is 4.98 Å². The summed E-state index contributed by atoms with van der Waals surface area (Å²) in [7, 11) is 0. The molecule has 2 N–H and O–H groups in total. The van der Waals surface area contributed by atoms with Crippen LogP contribution in [0.15, 0.2) is 12.3 Å². The monoisotopic (exact) mass is 206 g/mol. The highest BCUT2D eigenvalue weighted by atomic mass is 14.8. The molecule has 0 aromatic carbocycles. The molecule has 1 atom stereocenters. The summed E-state index contributed by atoms with van der Waals surface area (Å²) >= 11 is 0. The van der Waals surface area contributed by atoms with Gasteiger partial charge in [0.15, 0.2) is 0 Å². The topological polar surface area (TPSA) is 38.9 Å². The van der Waals surface area contributed by atoms with Gasteiger partial charge in [-0.1, -0.05) is 27.2 Å². The SMILES string of the molecule is CCC.C[C@@H]1CCc2c(ccnc2N)C1. The Morgan fingerprint density at radius 2 is 2.13 bits per heavy atom. The smallest absolute Gasteiger partial charge is 0.126 e. The van der Waals surface area contributed by atoms with Crippen molar-refractivity contribution in [1.82, 2.24) is 4.98 Å². The van der Waals surface area contributed by atoms with Crippen molar-refractivity contribution in [3.63, 3.8) is 0 Å². The summed E-state index contributed by atoms with van der Waals surface area (Å²) in [5, 5.41) is 0. The van der Waals surface area contributed by atoms with Crippen LogP contribution in [0.3, 0.4) is 0 Å². The maximum atomic E-state index is 5.78. The van der Waals surface area contributed by atoms with Crippen LogP contribution in [0.5, 0.6) is 0 Å². The van der Waals surface area contributed by atoms with Gasteiger partial charge in [-0.15, -0.1) is 0 Å². The van der Waals surface area contributed by atoms with E-state index in [0.717, 1.165) is 18.2 Å². The molecule has 1 aromatic heterocycles. The highest BCUT2D eigenvalue weighted by Crippen LogP contribution is 2.27. The Balaban J connectivity index is 0.000000337. The third kappa shape index (κ3) is 3.22. The number of pyridine rings is 1. The molecule has 0 spiro atoms. The Kier molecular flexibility index (Phi) is 4.60. The number of nitrogens with two attached hydrogens (primary N) is 1. The summed E-state index contributed by atoms with van der Waals surface area (Å²) < 4.78 is 0. The van der Waals surface area contributed by atoms with Crippen molar-refractivity contribution < 1.29 is 0 Å². The van der Waals surface area contributed by atoms with Crippen LogP contribution < -0.4 is 5.73 Å². The van der Waals surface area contributed by atoms with E-state index in [1.54, 1.807) is 0 Å². The lowest BCUT2D eigenvalue weighted by Gasteiger charge is -2.21. The zero-order valence-corrected chi connectivity index (χ0v) is 10.1. The number of nitrogens with zero attached hydrogens (tertiary/aromatic N) is 1. The fourth-order valence-electron chi connectivity index (χ4n) is 1.90. The molecule has 2 heteroatoms. The molecule has 0 radical (unpaired) electrons. The fraction of sp³-hybridized carbons (Fsp3) is 0.615. The van der Waals surface area contributed by atoms with Crippen LogP contribution in [-0.2, 0) is 12.8 Å². The zero-order valence-electron chi connectivity index (χ0n) is 10.1. The van der Waals surface area contributed by atoms with E-state index < -0.39 is 0 Å². The Morgan fingerprint density at radius 3 is 2.80 bits per heavy atom. The van der Waals surface area contributed by atoms with Crippen LogP contribution in [-0.4, -0.2) is 4.98 Å². The molecule has 1 aromatic rings. The van der Waals surface area contributed by atoms with Crippen molar-refractivity contribution in [1.29, 1.82) is 0 Å². The summed E-state index contributed by atoms with van der Waals surface area (Å²) in [4.78, 5) is 4.10. The Bertz CT molecular complexity index is 307. The highest BCUT2D eigenvalue weighted by Gasteiger charge is 2.16. The third-order valence-electron chi connectivity index (χ3n) is 2.64. The molecule has 0 saturated heterocycles. The minimum absolute atomic E-state index is 0.736. The summed E-state index contributed by atoms with van der Waals surface area (Å²) in [6.07, 6.45) is 6.59. The van der Waals surface area contributed by atoms with E-state index in [-0.39, 0.29) is 0 Å². The molecule has 1 aliphatic rings. The summed E-state index contributed by atoms with van der Waals surface area (Å²) in [6, 6.07) is 2.10. The van der Waals surface area contributed by atoms with Gasteiger partial charge in [0.05, 0.1) is 0 Å². The van der Waals surface area contributed by atoms with Crippen LogP contribution in [0.2, 0.25) is 0 Å². The van der Waals surface area contributed by atoms with Gasteiger partial charge in [0, 0.05) is 6.20 Å². The molecule has 0 unspecified atom stereocenters. The number of rotatable bonds is 0. The van der Waals surface area contributed by atoms with E-state index in [0.29, 0.717) is 0 Å². The molecule has 0 saturated carbocycles. The minimum atomic E-state index is 0.736. The van der Waals surface area contributed by atoms with Crippen molar-refractivity contribution in [3.05, 3.63) is 23.4 Å². The second-order valence-corrected chi connectivity index (χ2v) is 4.39. The molecule has 1 heterocycles. The van der Waals surface area contributed by atoms with Gasteiger partial charge in [-0.3, -0.25) is 0 Å². The standard InChI is InChI=1S/C10H14N2.C3H8/c1-7-2-3-9-8(6-7)4-5-12-10(9)11;1-3-2/h4-5,7H,2-3,6H2,1H3,(H2,11,12);3H2,1-2H3/t7-;/m1./s1. The van der Waals surface area contributed by atoms with E-state index in [2.05, 4.69) is 31.8 Å². The second kappa shape index (κ2) is 5.74. The Labute approximate surface area is 92.9 Å². The predicted molar refractivity (Wildman–Crippen MR) is 65.8 cm³/mol. The number of anilines is 1. The highest BCUT2D eigenvalue weighted by molar-refractivity contribution is 5.45. The van der Waals surface area contributed by atoms with Crippen molar-refractivity contribution in [2.75, 3.05) is 5.73 Å². The van der Waals surface area contributed by atoms with E-state index >= 15 is 0 Å². The molecule has 0 bridgehead atoms. The average molecular weight is 206 g/mol. The van der Waals surface area contributed by atoms with Gasteiger partial charge in [0.25, 0.3) is 0 Å². The largest absolute Gasteiger partial charge is 0.383 e. The molecule has 1 aliphatic carbocycles. The van der Waals surface area contributed by atoms with Gasteiger partial charge in [0.2, 0.25) is 0 Å². The van der Waals surface area contributed by atoms with E-state index in [1.807, 2.05) is 6.20 Å². The maximum Gasteiger partial charge on any atom is 0.126 e. The lowest BCUT2D eigenvalue weighted by atomic mass is 9.86. The quantitative estimate of drug-likeness (QED) is 0.708. The molecule has 0 fully saturated rings. The van der Waals surface area contributed by atoms with Gasteiger partial charge in [-0.05, 0) is 42.4 Å². The Morgan fingerprint density at radius 1 is 1.47 bits per heavy atom. The van der Waals surface area contributed by atoms with E-state index in [9.17, 15) is 0 Å². The molecule has 2 nitrogen and oxygen atoms in total. The number of hydrogen-bond acceptors (Lipinski definition) is 2. The van der Waals surface area contributed by atoms with Crippen molar-refractivity contribution >= 4 is 5.82 Å². The fourth-order valence-corrected chi connectivity index (χ4v) is 1.90. The van der Waals surface area contributed by atoms with Crippen LogP contribution in [0.1, 0.15) is 44.7 Å². The zero-order chi connectivity index (χ0) is 11.3. The van der Waals surface area contributed by atoms with Crippen molar-refractivity contribution in [3.8, 4) is 0 Å². The summed E-state index contributed by atoms with van der Waals surface area (Å²) in [6.45, 7) is 6.54. The predicted octanol–water partition coefficient (Wildman–Crippen LogP) is 3.20. The first-order valence-corrected chi connectivity index (χ1v) is 5.91. The molecule has 0 amide bonds. The first-order chi connectivity index (χ1) is 7.19. The first-order valence-electron chi connectivity index (χ1n) is 5.91. The molecule has 84 valence electrons. The Hall–Kier alpha value is -1.05. The van der Waals surface area contributed by atoms with Crippen LogP contribution >= 0.6 is 0 Å². The second-order valence-electron chi connectivity index (χ2n) is 4.39. The number of fused-ring (bicyclic) bond motifs is 1. The van der Waals surface area contributed by atoms with E-state index in [1.165, 1.54) is 30.4 Å². The lowest BCUT2D eigenvalue weighted by Crippen LogP contribution is -2.13. The van der Waals surface area contributed by atoms with Gasteiger partial charge in [0.1, 0.15) is 5.82 Å². The normalized spacial score (nSPS) is 18.7.